The van der Waals surface area contributed by atoms with Gasteiger partial charge in [-0.05, 0) is 56.7 Å². The van der Waals surface area contributed by atoms with Gasteiger partial charge in [0.15, 0.2) is 0 Å². The number of hydrogen-bond donors (Lipinski definition) is 1. The first-order chi connectivity index (χ1) is 9.83. The van der Waals surface area contributed by atoms with Crippen molar-refractivity contribution in [3.8, 4) is 0 Å². The van der Waals surface area contributed by atoms with E-state index < -0.39 is 0 Å². The van der Waals surface area contributed by atoms with Crippen molar-refractivity contribution in [3.63, 3.8) is 0 Å². The van der Waals surface area contributed by atoms with Gasteiger partial charge < -0.3 is 5.32 Å². The Morgan fingerprint density at radius 2 is 1.67 bits per heavy atom. The molecule has 1 aromatic carbocycles. The molecule has 0 aromatic heterocycles. The zero-order chi connectivity index (χ0) is 15.5. The van der Waals surface area contributed by atoms with Gasteiger partial charge >= 0.3 is 0 Å². The number of benzene rings is 1. The topological polar surface area (TPSA) is 15.3 Å². The molecule has 21 heavy (non-hydrogen) atoms. The molecule has 0 bridgehead atoms. The van der Waals surface area contributed by atoms with Gasteiger partial charge in [-0.2, -0.15) is 0 Å². The van der Waals surface area contributed by atoms with Gasteiger partial charge in [0.1, 0.15) is 0 Å². The van der Waals surface area contributed by atoms with Crippen molar-refractivity contribution in [3.05, 3.63) is 35.4 Å². The van der Waals surface area contributed by atoms with Crippen LogP contribution in [0.5, 0.6) is 0 Å². The smallest absolute Gasteiger partial charge is 0.0233 e. The first kappa shape index (κ1) is 16.5. The number of likely N-dealkylation sites (tertiary alicyclic amines) is 1. The molecule has 1 saturated heterocycles. The summed E-state index contributed by atoms with van der Waals surface area (Å²) in [6.45, 7) is 15.9. The summed E-state index contributed by atoms with van der Waals surface area (Å²) in [7, 11) is 0. The highest BCUT2D eigenvalue weighted by Gasteiger charge is 2.22. The average Bonchev–Trinajstić information content (AvgIpc) is 2.41. The van der Waals surface area contributed by atoms with E-state index in [-0.39, 0.29) is 5.54 Å². The second-order valence-corrected chi connectivity index (χ2v) is 7.90. The molecule has 2 unspecified atom stereocenters. The quantitative estimate of drug-likeness (QED) is 0.899. The number of hydrogen-bond acceptors (Lipinski definition) is 2. The summed E-state index contributed by atoms with van der Waals surface area (Å²) in [5.74, 6) is 1.71. The molecule has 1 N–H and O–H groups in total. The Hall–Kier alpha value is -0.860. The van der Waals surface area contributed by atoms with Gasteiger partial charge in [0, 0.05) is 25.2 Å². The SMILES string of the molecule is CC1CCN(Cc2ccc(CNC(C)(C)C)cc2)CC1C. The lowest BCUT2D eigenvalue weighted by molar-refractivity contribution is 0.132. The monoisotopic (exact) mass is 288 g/mol. The van der Waals surface area contributed by atoms with Crippen LogP contribution in [0.4, 0.5) is 0 Å². The third kappa shape index (κ3) is 5.44. The minimum absolute atomic E-state index is 0.180. The molecule has 1 aromatic rings. The molecule has 1 aliphatic heterocycles. The highest BCUT2D eigenvalue weighted by Crippen LogP contribution is 2.23. The van der Waals surface area contributed by atoms with Crippen LogP contribution in [0, 0.1) is 11.8 Å². The maximum Gasteiger partial charge on any atom is 0.0233 e. The Bertz CT molecular complexity index is 430. The van der Waals surface area contributed by atoms with Gasteiger partial charge in [0.05, 0.1) is 0 Å². The normalized spacial score (nSPS) is 24.2. The molecule has 2 atom stereocenters. The van der Waals surface area contributed by atoms with Crippen LogP contribution in [0.3, 0.4) is 0 Å². The molecule has 0 spiro atoms. The summed E-state index contributed by atoms with van der Waals surface area (Å²) in [4.78, 5) is 2.60. The van der Waals surface area contributed by atoms with Gasteiger partial charge in [0.25, 0.3) is 0 Å². The lowest BCUT2D eigenvalue weighted by Crippen LogP contribution is -2.37. The second kappa shape index (κ2) is 6.93. The number of piperidine rings is 1. The van der Waals surface area contributed by atoms with Crippen molar-refractivity contribution in [1.82, 2.24) is 10.2 Å². The largest absolute Gasteiger partial charge is 0.308 e. The van der Waals surface area contributed by atoms with E-state index in [9.17, 15) is 0 Å². The molecule has 2 nitrogen and oxygen atoms in total. The van der Waals surface area contributed by atoms with E-state index in [2.05, 4.69) is 69.1 Å². The van der Waals surface area contributed by atoms with Crippen molar-refractivity contribution in [2.75, 3.05) is 13.1 Å². The van der Waals surface area contributed by atoms with Gasteiger partial charge in [0.2, 0.25) is 0 Å². The van der Waals surface area contributed by atoms with Crippen molar-refractivity contribution in [1.29, 1.82) is 0 Å². The van der Waals surface area contributed by atoms with Gasteiger partial charge in [-0.25, -0.2) is 0 Å². The van der Waals surface area contributed by atoms with Crippen molar-refractivity contribution in [2.45, 2.75) is 59.7 Å². The van der Waals surface area contributed by atoms with Crippen LogP contribution in [0.15, 0.2) is 24.3 Å². The molecule has 0 amide bonds. The van der Waals surface area contributed by atoms with E-state index >= 15 is 0 Å². The lowest BCUT2D eigenvalue weighted by atomic mass is 9.88. The van der Waals surface area contributed by atoms with Gasteiger partial charge in [-0.15, -0.1) is 0 Å². The summed E-state index contributed by atoms with van der Waals surface area (Å²) >= 11 is 0. The highest BCUT2D eigenvalue weighted by molar-refractivity contribution is 5.22. The van der Waals surface area contributed by atoms with Crippen LogP contribution in [0.2, 0.25) is 0 Å². The Kier molecular flexibility index (Phi) is 5.45. The second-order valence-electron chi connectivity index (χ2n) is 7.90. The third-order valence-electron chi connectivity index (χ3n) is 4.67. The van der Waals surface area contributed by atoms with Crippen molar-refractivity contribution in [2.24, 2.45) is 11.8 Å². The molecular formula is C19H32N2. The fourth-order valence-corrected chi connectivity index (χ4v) is 2.88. The maximum atomic E-state index is 3.54. The predicted octanol–water partition coefficient (Wildman–Crippen LogP) is 4.05. The Labute approximate surface area is 130 Å². The molecule has 1 aliphatic rings. The van der Waals surface area contributed by atoms with E-state index in [0.717, 1.165) is 24.9 Å². The average molecular weight is 288 g/mol. The van der Waals surface area contributed by atoms with Crippen molar-refractivity contribution < 1.29 is 0 Å². The van der Waals surface area contributed by atoms with Crippen LogP contribution in [0.1, 0.15) is 52.2 Å². The first-order valence-corrected chi connectivity index (χ1v) is 8.39. The fraction of sp³-hybridized carbons (Fsp3) is 0.684. The minimum Gasteiger partial charge on any atom is -0.308 e. The van der Waals surface area contributed by atoms with Gasteiger partial charge in [-0.3, -0.25) is 4.90 Å². The molecule has 0 radical (unpaired) electrons. The van der Waals surface area contributed by atoms with E-state index in [1.54, 1.807) is 0 Å². The number of rotatable bonds is 4. The Morgan fingerprint density at radius 1 is 1.05 bits per heavy atom. The molecule has 1 heterocycles. The van der Waals surface area contributed by atoms with Crippen LogP contribution in [0.25, 0.3) is 0 Å². The zero-order valence-electron chi connectivity index (χ0n) is 14.4. The molecule has 0 saturated carbocycles. The number of nitrogens with zero attached hydrogens (tertiary/aromatic N) is 1. The third-order valence-corrected chi connectivity index (χ3v) is 4.67. The van der Waals surface area contributed by atoms with Crippen LogP contribution in [-0.4, -0.2) is 23.5 Å². The summed E-state index contributed by atoms with van der Waals surface area (Å²) in [6, 6.07) is 9.12. The molecule has 2 heteroatoms. The molecule has 1 fully saturated rings. The van der Waals surface area contributed by atoms with E-state index in [0.29, 0.717) is 0 Å². The minimum atomic E-state index is 0.180. The molecule has 0 aliphatic carbocycles. The zero-order valence-corrected chi connectivity index (χ0v) is 14.4. The van der Waals surface area contributed by atoms with Crippen LogP contribution in [-0.2, 0) is 13.1 Å². The Morgan fingerprint density at radius 3 is 2.24 bits per heavy atom. The van der Waals surface area contributed by atoms with Gasteiger partial charge in [-0.1, -0.05) is 38.1 Å². The Balaban J connectivity index is 1.85. The maximum absolute atomic E-state index is 3.54. The van der Waals surface area contributed by atoms with E-state index in [1.807, 2.05) is 0 Å². The standard InChI is InChI=1S/C19H32N2/c1-15-10-11-21(13-16(15)2)14-18-8-6-17(7-9-18)12-20-19(3,4)5/h6-9,15-16,20H,10-14H2,1-5H3. The summed E-state index contributed by atoms with van der Waals surface area (Å²) in [6.07, 6.45) is 1.34. The number of nitrogens with one attached hydrogen (secondary N) is 1. The van der Waals surface area contributed by atoms with Crippen molar-refractivity contribution >= 4 is 0 Å². The summed E-state index contributed by atoms with van der Waals surface area (Å²) in [5.41, 5.74) is 2.99. The molecule has 118 valence electrons. The van der Waals surface area contributed by atoms with Crippen LogP contribution >= 0.6 is 0 Å². The fourth-order valence-electron chi connectivity index (χ4n) is 2.88. The van der Waals surface area contributed by atoms with Crippen LogP contribution < -0.4 is 5.32 Å². The van der Waals surface area contributed by atoms with E-state index in [1.165, 1.54) is 30.6 Å². The lowest BCUT2D eigenvalue weighted by Gasteiger charge is -2.35. The molecular weight excluding hydrogens is 256 g/mol. The summed E-state index contributed by atoms with van der Waals surface area (Å²) < 4.78 is 0. The molecule has 2 rings (SSSR count). The first-order valence-electron chi connectivity index (χ1n) is 8.39. The summed E-state index contributed by atoms with van der Waals surface area (Å²) in [5, 5.41) is 3.54. The van der Waals surface area contributed by atoms with E-state index in [4.69, 9.17) is 0 Å². The highest BCUT2D eigenvalue weighted by atomic mass is 15.1. The predicted molar refractivity (Wildman–Crippen MR) is 91.3 cm³/mol.